The van der Waals surface area contributed by atoms with Crippen LogP contribution in [0.3, 0.4) is 0 Å². The van der Waals surface area contributed by atoms with Gasteiger partial charge in [0.05, 0.1) is 18.3 Å². The predicted molar refractivity (Wildman–Crippen MR) is 84.9 cm³/mol. The molecule has 1 saturated carbocycles. The number of furan rings is 1. The van der Waals surface area contributed by atoms with Gasteiger partial charge in [-0.2, -0.15) is 0 Å². The monoisotopic (exact) mass is 342 g/mol. The molecule has 5 atom stereocenters. The van der Waals surface area contributed by atoms with Crippen molar-refractivity contribution in [2.75, 3.05) is 6.61 Å². The quantitative estimate of drug-likeness (QED) is 0.712. The second kappa shape index (κ2) is 3.86. The molecule has 0 unspecified atom stereocenters. The van der Waals surface area contributed by atoms with Crippen molar-refractivity contribution in [3.05, 3.63) is 29.5 Å². The van der Waals surface area contributed by atoms with Crippen LogP contribution in [0.2, 0.25) is 0 Å². The first-order chi connectivity index (χ1) is 11.9. The zero-order valence-electron chi connectivity index (χ0n) is 13.7. The highest BCUT2D eigenvalue weighted by atomic mass is 16.6. The topological polar surface area (TPSA) is 89.1 Å². The number of phenols is 1. The van der Waals surface area contributed by atoms with E-state index < -0.39 is 16.6 Å². The van der Waals surface area contributed by atoms with E-state index in [2.05, 4.69) is 0 Å². The van der Waals surface area contributed by atoms with Gasteiger partial charge in [0.2, 0.25) is 0 Å². The fourth-order valence-corrected chi connectivity index (χ4v) is 6.13. The van der Waals surface area contributed by atoms with E-state index in [1.165, 1.54) is 0 Å². The first-order valence-corrected chi connectivity index (χ1v) is 8.71. The molecule has 4 fully saturated rings. The molecule has 1 aromatic carbocycles. The summed E-state index contributed by atoms with van der Waals surface area (Å²) in [5, 5.41) is 22.2. The molecule has 7 rings (SSSR count). The van der Waals surface area contributed by atoms with Gasteiger partial charge in [-0.05, 0) is 31.0 Å². The molecular weight excluding hydrogens is 324 g/mol. The maximum atomic E-state index is 12.8. The van der Waals surface area contributed by atoms with Crippen molar-refractivity contribution in [2.24, 2.45) is 11.3 Å². The lowest BCUT2D eigenvalue weighted by atomic mass is 9.46. The van der Waals surface area contributed by atoms with Crippen molar-refractivity contribution in [1.82, 2.24) is 0 Å². The highest BCUT2D eigenvalue weighted by Crippen LogP contribution is 2.68. The number of carbonyl (C=O) groups is 1. The lowest BCUT2D eigenvalue weighted by molar-refractivity contribution is -0.344. The van der Waals surface area contributed by atoms with Crippen molar-refractivity contribution in [2.45, 2.75) is 43.5 Å². The van der Waals surface area contributed by atoms with Crippen molar-refractivity contribution in [1.29, 1.82) is 0 Å². The Labute approximate surface area is 143 Å². The summed E-state index contributed by atoms with van der Waals surface area (Å²) in [5.41, 5.74) is 1.06. The molecule has 0 amide bonds. The number of benzene rings is 1. The fraction of sp³-hybridized carbons (Fsp3) is 0.526. The molecule has 130 valence electrons. The molecule has 0 radical (unpaired) electrons. The molecule has 6 heteroatoms. The lowest BCUT2D eigenvalue weighted by Crippen LogP contribution is -2.71. The average molecular weight is 342 g/mol. The van der Waals surface area contributed by atoms with Crippen LogP contribution in [0, 0.1) is 11.3 Å². The third-order valence-electron chi connectivity index (χ3n) is 7.32. The zero-order valence-corrected chi connectivity index (χ0v) is 13.7. The number of ether oxygens (including phenoxy) is 2. The van der Waals surface area contributed by atoms with Crippen molar-refractivity contribution < 1.29 is 28.9 Å². The van der Waals surface area contributed by atoms with Gasteiger partial charge in [-0.3, -0.25) is 4.79 Å². The zero-order chi connectivity index (χ0) is 17.2. The molecule has 25 heavy (non-hydrogen) atoms. The highest BCUT2D eigenvalue weighted by Gasteiger charge is 2.78. The molecule has 1 spiro atoms. The summed E-state index contributed by atoms with van der Waals surface area (Å²) in [4.78, 5) is 12.8. The Morgan fingerprint density at radius 1 is 1.32 bits per heavy atom. The third kappa shape index (κ3) is 1.27. The minimum atomic E-state index is -1.47. The SMILES string of the molecule is C[C@]12C(=O)O[C@@H]3Cc4c(cc(O)c5ccoc45)[C@@]4(CC[C@@]1(O)OC4)[C@@H]32. The van der Waals surface area contributed by atoms with Crippen LogP contribution in [-0.2, 0) is 26.1 Å². The summed E-state index contributed by atoms with van der Waals surface area (Å²) in [6.07, 6.45) is 2.85. The molecule has 2 bridgehead atoms. The van der Waals surface area contributed by atoms with Crippen LogP contribution >= 0.6 is 0 Å². The predicted octanol–water partition coefficient (Wildman–Crippen LogP) is 1.99. The van der Waals surface area contributed by atoms with Crippen molar-refractivity contribution in [3.63, 3.8) is 0 Å². The van der Waals surface area contributed by atoms with E-state index in [0.29, 0.717) is 36.8 Å². The third-order valence-corrected chi connectivity index (χ3v) is 7.32. The van der Waals surface area contributed by atoms with Crippen LogP contribution < -0.4 is 0 Å². The van der Waals surface area contributed by atoms with Crippen LogP contribution in [0.25, 0.3) is 11.0 Å². The molecular formula is C19H18O6. The standard InChI is InChI=1S/C19H18O6/c1-17-15-13(25-16(17)21)6-10-11(7-12(20)9-2-5-23-14(9)10)18(15)3-4-19(17,22)24-8-18/h2,5,7,13,15,20,22H,3-4,6,8H2,1H3/t13-,15+,17+,18+,19-/m1/s1. The van der Waals surface area contributed by atoms with E-state index in [4.69, 9.17) is 13.9 Å². The van der Waals surface area contributed by atoms with Gasteiger partial charge in [-0.25, -0.2) is 0 Å². The number of phenolic OH excluding ortho intramolecular Hbond substituents is 1. The van der Waals surface area contributed by atoms with Gasteiger partial charge in [-0.1, -0.05) is 0 Å². The lowest BCUT2D eigenvalue weighted by Gasteiger charge is -2.62. The Morgan fingerprint density at radius 2 is 2.16 bits per heavy atom. The molecule has 6 nitrogen and oxygen atoms in total. The van der Waals surface area contributed by atoms with Gasteiger partial charge < -0.3 is 24.1 Å². The number of hydrogen-bond acceptors (Lipinski definition) is 6. The second-order valence-electron chi connectivity index (χ2n) is 8.14. The maximum absolute atomic E-state index is 12.8. The summed E-state index contributed by atoms with van der Waals surface area (Å²) in [7, 11) is 0. The first kappa shape index (κ1) is 14.2. The fourth-order valence-electron chi connectivity index (χ4n) is 6.13. The number of hydrogen-bond donors (Lipinski definition) is 2. The molecule has 2 aromatic rings. The van der Waals surface area contributed by atoms with Crippen molar-refractivity contribution in [3.8, 4) is 5.75 Å². The Hall–Kier alpha value is -2.05. The highest BCUT2D eigenvalue weighted by molar-refractivity contribution is 5.89. The number of fused-ring (bicyclic) bond motifs is 5. The molecule has 3 aliphatic heterocycles. The summed E-state index contributed by atoms with van der Waals surface area (Å²) >= 11 is 0. The largest absolute Gasteiger partial charge is 0.507 e. The number of rotatable bonds is 0. The molecule has 1 aromatic heterocycles. The van der Waals surface area contributed by atoms with E-state index in [1.54, 1.807) is 25.3 Å². The van der Waals surface area contributed by atoms with Gasteiger partial charge in [0.25, 0.3) is 0 Å². The number of aliphatic hydroxyl groups is 1. The van der Waals surface area contributed by atoms with Gasteiger partial charge in [0, 0.05) is 29.7 Å². The summed E-state index contributed by atoms with van der Waals surface area (Å²) in [5.74, 6) is -1.85. The normalized spacial score (nSPS) is 43.8. The Balaban J connectivity index is 1.70. The van der Waals surface area contributed by atoms with Crippen LogP contribution in [0.15, 0.2) is 22.8 Å². The minimum absolute atomic E-state index is 0.167. The van der Waals surface area contributed by atoms with Gasteiger partial charge in [0.15, 0.2) is 5.79 Å². The Morgan fingerprint density at radius 3 is 2.92 bits per heavy atom. The van der Waals surface area contributed by atoms with Crippen LogP contribution in [0.5, 0.6) is 5.75 Å². The van der Waals surface area contributed by atoms with Crippen LogP contribution in [0.1, 0.15) is 30.9 Å². The number of aromatic hydroxyl groups is 1. The minimum Gasteiger partial charge on any atom is -0.507 e. The number of carbonyl (C=O) groups excluding carboxylic acids is 1. The first-order valence-electron chi connectivity index (χ1n) is 8.71. The van der Waals surface area contributed by atoms with E-state index >= 15 is 0 Å². The average Bonchev–Trinajstić information content (AvgIpc) is 3.17. The second-order valence-corrected chi connectivity index (χ2v) is 8.14. The molecule has 3 saturated heterocycles. The summed E-state index contributed by atoms with van der Waals surface area (Å²) in [6, 6.07) is 3.54. The van der Waals surface area contributed by atoms with Gasteiger partial charge in [-0.15, -0.1) is 0 Å². The summed E-state index contributed by atoms with van der Waals surface area (Å²) < 4.78 is 17.3. The maximum Gasteiger partial charge on any atom is 0.318 e. The van der Waals surface area contributed by atoms with Crippen LogP contribution in [-0.4, -0.2) is 34.7 Å². The van der Waals surface area contributed by atoms with Crippen LogP contribution in [0.4, 0.5) is 0 Å². The van der Waals surface area contributed by atoms with E-state index in [1.807, 2.05) is 0 Å². The smallest absolute Gasteiger partial charge is 0.318 e. The van der Waals surface area contributed by atoms with Crippen molar-refractivity contribution >= 4 is 16.9 Å². The van der Waals surface area contributed by atoms with E-state index in [0.717, 1.165) is 11.1 Å². The molecule has 2 N–H and O–H groups in total. The van der Waals surface area contributed by atoms with Gasteiger partial charge >= 0.3 is 5.97 Å². The Bertz CT molecular complexity index is 950. The summed E-state index contributed by atoms with van der Waals surface area (Å²) in [6.45, 7) is 2.08. The van der Waals surface area contributed by atoms with E-state index in [-0.39, 0.29) is 23.7 Å². The molecule has 4 heterocycles. The number of esters is 1. The van der Waals surface area contributed by atoms with E-state index in [9.17, 15) is 15.0 Å². The molecule has 2 aliphatic carbocycles. The molecule has 5 aliphatic rings. The Kier molecular flexibility index (Phi) is 2.19. The van der Waals surface area contributed by atoms with Gasteiger partial charge in [0.1, 0.15) is 22.9 Å².